The smallest absolute Gasteiger partial charge is 0.259 e. The summed E-state index contributed by atoms with van der Waals surface area (Å²) < 4.78 is 0.773. The van der Waals surface area contributed by atoms with Crippen LogP contribution in [-0.2, 0) is 12.2 Å². The minimum absolute atomic E-state index is 0.0463. The molecule has 0 aliphatic heterocycles. The summed E-state index contributed by atoms with van der Waals surface area (Å²) in [5, 5.41) is 8.95. The average Bonchev–Trinajstić information content (AvgIpc) is 3.09. The number of hydrogen-bond acceptors (Lipinski definition) is 8. The highest BCUT2D eigenvalue weighted by Gasteiger charge is 2.17. The normalized spacial score (nSPS) is 12.8. The lowest BCUT2D eigenvalue weighted by atomic mass is 9.98. The molecular weight excluding hydrogens is 362 g/mol. The number of nitrogen functional groups attached to an aromatic ring is 1. The van der Waals surface area contributed by atoms with Gasteiger partial charge in [-0.25, -0.2) is 4.98 Å². The molecule has 3 heterocycles. The molecule has 9 heteroatoms. The van der Waals surface area contributed by atoms with Gasteiger partial charge in [0.05, 0.1) is 11.1 Å². The molecule has 0 saturated carbocycles. The largest absolute Gasteiger partial charge is 0.374 e. The second kappa shape index (κ2) is 7.20. The van der Waals surface area contributed by atoms with Gasteiger partial charge in [-0.3, -0.25) is 4.79 Å². The van der Waals surface area contributed by atoms with Crippen molar-refractivity contribution in [3.63, 3.8) is 0 Å². The number of rotatable bonds is 6. The number of nitrogens with zero attached hydrogens (tertiary/aromatic N) is 3. The van der Waals surface area contributed by atoms with Crippen LogP contribution in [0.2, 0.25) is 0 Å². The predicted octanol–water partition coefficient (Wildman–Crippen LogP) is 3.61. The van der Waals surface area contributed by atoms with Crippen LogP contribution in [0.3, 0.4) is 0 Å². The van der Waals surface area contributed by atoms with E-state index in [1.165, 1.54) is 28.0 Å². The van der Waals surface area contributed by atoms with Crippen molar-refractivity contribution >= 4 is 49.8 Å². The van der Waals surface area contributed by atoms with Crippen LogP contribution in [0.5, 0.6) is 0 Å². The number of aromatic amines is 1. The van der Waals surface area contributed by atoms with Crippen LogP contribution < -0.4 is 11.3 Å². The van der Waals surface area contributed by atoms with Crippen LogP contribution in [-0.4, -0.2) is 20.2 Å². The minimum atomic E-state index is -0.0463. The van der Waals surface area contributed by atoms with Gasteiger partial charge in [-0.05, 0) is 24.8 Å². The van der Waals surface area contributed by atoms with E-state index in [0.29, 0.717) is 22.6 Å². The lowest BCUT2D eigenvalue weighted by Crippen LogP contribution is -2.12. The number of fused-ring (bicyclic) bond motifs is 1. The van der Waals surface area contributed by atoms with E-state index in [-0.39, 0.29) is 5.56 Å². The Morgan fingerprint density at radius 1 is 1.33 bits per heavy atom. The molecule has 3 N–H and O–H groups in total. The van der Waals surface area contributed by atoms with Gasteiger partial charge >= 0.3 is 0 Å². The van der Waals surface area contributed by atoms with Crippen LogP contribution in [0.4, 0.5) is 5.13 Å². The summed E-state index contributed by atoms with van der Waals surface area (Å²) >= 11 is 4.41. The molecule has 0 amide bonds. The Balaban J connectivity index is 1.89. The third-order valence-corrected chi connectivity index (χ3v) is 6.85. The molecule has 1 atom stereocenters. The van der Waals surface area contributed by atoms with Crippen molar-refractivity contribution in [1.82, 2.24) is 20.2 Å². The monoisotopic (exact) mass is 381 g/mol. The molecule has 3 rings (SSSR count). The van der Waals surface area contributed by atoms with E-state index in [2.05, 4.69) is 40.9 Å². The van der Waals surface area contributed by atoms with Gasteiger partial charge < -0.3 is 10.7 Å². The summed E-state index contributed by atoms with van der Waals surface area (Å²) in [6.45, 7) is 6.46. The molecule has 6 nitrogen and oxygen atoms in total. The molecule has 0 unspecified atom stereocenters. The van der Waals surface area contributed by atoms with Gasteiger partial charge in [0.2, 0.25) is 5.13 Å². The fraction of sp³-hybridized carbons (Fsp3) is 0.467. The van der Waals surface area contributed by atoms with Crippen molar-refractivity contribution in [2.24, 2.45) is 5.92 Å². The van der Waals surface area contributed by atoms with Crippen molar-refractivity contribution < 1.29 is 0 Å². The fourth-order valence-corrected chi connectivity index (χ4v) is 5.01. The molecule has 0 saturated heterocycles. The molecule has 3 aromatic heterocycles. The topological polar surface area (TPSA) is 97.5 Å². The van der Waals surface area contributed by atoms with Gasteiger partial charge in [0.25, 0.3) is 5.56 Å². The first-order chi connectivity index (χ1) is 11.5. The van der Waals surface area contributed by atoms with E-state index in [9.17, 15) is 4.79 Å². The highest BCUT2D eigenvalue weighted by atomic mass is 32.2. The van der Waals surface area contributed by atoms with E-state index in [0.717, 1.165) is 33.0 Å². The standard InChI is InChI=1S/C15H19N5OS3/c1-4-7(2)5-9-8(3)23-13-11(9)12(21)17-10(18-13)6-22-15-20-19-14(16)24-15/h7H,4-6H2,1-3H3,(H2,16,19)(H,17,18,21)/t7-/m1/s1. The van der Waals surface area contributed by atoms with Crippen LogP contribution in [0.1, 0.15) is 36.5 Å². The van der Waals surface area contributed by atoms with Crippen LogP contribution >= 0.6 is 34.4 Å². The average molecular weight is 382 g/mol. The number of nitrogens with two attached hydrogens (primary N) is 1. The van der Waals surface area contributed by atoms with E-state index < -0.39 is 0 Å². The predicted molar refractivity (Wildman–Crippen MR) is 102 cm³/mol. The Labute approximate surface area is 151 Å². The fourth-order valence-electron chi connectivity index (χ4n) is 2.44. The molecule has 0 aliphatic rings. The second-order valence-electron chi connectivity index (χ2n) is 5.74. The number of H-pyrrole nitrogens is 1. The third-order valence-electron chi connectivity index (χ3n) is 3.92. The number of hydrogen-bond donors (Lipinski definition) is 2. The molecule has 128 valence electrons. The quantitative estimate of drug-likeness (QED) is 0.633. The van der Waals surface area contributed by atoms with Crippen molar-refractivity contribution in [2.45, 2.75) is 43.7 Å². The molecule has 0 fully saturated rings. The number of thiophene rings is 1. The highest BCUT2D eigenvalue weighted by Crippen LogP contribution is 2.31. The number of aromatic nitrogens is 4. The van der Waals surface area contributed by atoms with Crippen molar-refractivity contribution in [1.29, 1.82) is 0 Å². The molecule has 0 bridgehead atoms. The summed E-state index contributed by atoms with van der Waals surface area (Å²) in [4.78, 5) is 22.1. The molecule has 24 heavy (non-hydrogen) atoms. The van der Waals surface area contributed by atoms with Crippen molar-refractivity contribution in [3.8, 4) is 0 Å². The summed E-state index contributed by atoms with van der Waals surface area (Å²) in [5.74, 6) is 1.75. The zero-order valence-electron chi connectivity index (χ0n) is 13.8. The lowest BCUT2D eigenvalue weighted by Gasteiger charge is -2.08. The Bertz CT molecular complexity index is 914. The van der Waals surface area contributed by atoms with Crippen molar-refractivity contribution in [3.05, 3.63) is 26.6 Å². The van der Waals surface area contributed by atoms with Gasteiger partial charge in [0, 0.05) is 4.88 Å². The Morgan fingerprint density at radius 2 is 2.12 bits per heavy atom. The first-order valence-corrected chi connectivity index (χ1v) is 10.3. The van der Waals surface area contributed by atoms with Gasteiger partial charge in [0.15, 0.2) is 4.34 Å². The molecular formula is C15H19N5OS3. The number of nitrogens with one attached hydrogen (secondary N) is 1. The van der Waals surface area contributed by atoms with E-state index in [1.807, 2.05) is 0 Å². The summed E-state index contributed by atoms with van der Waals surface area (Å²) in [6, 6.07) is 0. The number of anilines is 1. The van der Waals surface area contributed by atoms with Gasteiger partial charge in [-0.2, -0.15) is 0 Å². The molecule has 0 aromatic carbocycles. The minimum Gasteiger partial charge on any atom is -0.374 e. The Kier molecular flexibility index (Phi) is 5.21. The number of aryl methyl sites for hydroxylation is 1. The Hall–Kier alpha value is -1.45. The lowest BCUT2D eigenvalue weighted by molar-refractivity contribution is 0.561. The molecule has 3 aromatic rings. The van der Waals surface area contributed by atoms with Crippen molar-refractivity contribution in [2.75, 3.05) is 5.73 Å². The SMILES string of the molecule is CC[C@@H](C)Cc1c(C)sc2nc(CSc3nnc(N)s3)[nH]c(=O)c12. The Morgan fingerprint density at radius 3 is 2.79 bits per heavy atom. The summed E-state index contributed by atoms with van der Waals surface area (Å²) in [6.07, 6.45) is 2.02. The molecule has 0 aliphatic carbocycles. The zero-order valence-corrected chi connectivity index (χ0v) is 16.2. The summed E-state index contributed by atoms with van der Waals surface area (Å²) in [5.41, 5.74) is 6.68. The van der Waals surface area contributed by atoms with Crippen LogP contribution in [0.25, 0.3) is 10.2 Å². The van der Waals surface area contributed by atoms with Gasteiger partial charge in [0.1, 0.15) is 10.7 Å². The summed E-state index contributed by atoms with van der Waals surface area (Å²) in [7, 11) is 0. The molecule has 0 spiro atoms. The zero-order chi connectivity index (χ0) is 17.3. The van der Waals surface area contributed by atoms with Crippen LogP contribution in [0.15, 0.2) is 9.13 Å². The van der Waals surface area contributed by atoms with E-state index in [4.69, 9.17) is 5.73 Å². The third kappa shape index (κ3) is 3.62. The van der Waals surface area contributed by atoms with Crippen LogP contribution in [0, 0.1) is 12.8 Å². The van der Waals surface area contributed by atoms with E-state index >= 15 is 0 Å². The second-order valence-corrected chi connectivity index (χ2v) is 9.18. The number of thioether (sulfide) groups is 1. The maximum Gasteiger partial charge on any atom is 0.259 e. The maximum atomic E-state index is 12.6. The van der Waals surface area contributed by atoms with E-state index in [1.54, 1.807) is 11.3 Å². The van der Waals surface area contributed by atoms with Gasteiger partial charge in [-0.15, -0.1) is 21.5 Å². The van der Waals surface area contributed by atoms with Gasteiger partial charge in [-0.1, -0.05) is 43.4 Å². The molecule has 0 radical (unpaired) electrons. The first kappa shape index (κ1) is 17.4. The first-order valence-electron chi connectivity index (χ1n) is 7.70. The highest BCUT2D eigenvalue weighted by molar-refractivity contribution is 8.00. The maximum absolute atomic E-state index is 12.6.